The molecule has 1 aromatic carbocycles. The predicted octanol–water partition coefficient (Wildman–Crippen LogP) is 2.94. The second-order valence-corrected chi connectivity index (χ2v) is 4.16. The van der Waals surface area contributed by atoms with Crippen LogP contribution in [0, 0.1) is 5.92 Å². The Morgan fingerprint density at radius 3 is 2.40 bits per heavy atom. The lowest BCUT2D eigenvalue weighted by Gasteiger charge is -2.19. The standard InChI is InChI=1S/C12H17F2N/c1-9(2)7-10-5-3-4-6-11(10)12(13,14)8-15/h3-6,9H,7-8,15H2,1-2H3. The minimum Gasteiger partial charge on any atom is -0.325 e. The second-order valence-electron chi connectivity index (χ2n) is 4.16. The van der Waals surface area contributed by atoms with E-state index in [9.17, 15) is 8.78 Å². The first kappa shape index (κ1) is 12.1. The average Bonchev–Trinajstić information content (AvgIpc) is 2.17. The molecule has 15 heavy (non-hydrogen) atoms. The Hall–Kier alpha value is -0.960. The van der Waals surface area contributed by atoms with Crippen molar-refractivity contribution in [1.82, 2.24) is 0 Å². The van der Waals surface area contributed by atoms with Crippen LogP contribution in [0.2, 0.25) is 0 Å². The Balaban J connectivity index is 3.06. The number of alkyl halides is 2. The zero-order chi connectivity index (χ0) is 11.5. The summed E-state index contributed by atoms with van der Waals surface area (Å²) >= 11 is 0. The maximum absolute atomic E-state index is 13.5. The van der Waals surface area contributed by atoms with Crippen molar-refractivity contribution in [3.05, 3.63) is 35.4 Å². The van der Waals surface area contributed by atoms with Crippen molar-refractivity contribution in [2.75, 3.05) is 6.54 Å². The van der Waals surface area contributed by atoms with Gasteiger partial charge in [0.1, 0.15) is 0 Å². The van der Waals surface area contributed by atoms with Crippen LogP contribution in [0.4, 0.5) is 8.78 Å². The van der Waals surface area contributed by atoms with Crippen molar-refractivity contribution in [1.29, 1.82) is 0 Å². The van der Waals surface area contributed by atoms with E-state index >= 15 is 0 Å². The molecule has 0 fully saturated rings. The summed E-state index contributed by atoms with van der Waals surface area (Å²) in [5.41, 5.74) is 5.86. The monoisotopic (exact) mass is 213 g/mol. The van der Waals surface area contributed by atoms with E-state index in [-0.39, 0.29) is 5.56 Å². The van der Waals surface area contributed by atoms with Gasteiger partial charge in [0.2, 0.25) is 0 Å². The molecule has 1 nitrogen and oxygen atoms in total. The van der Waals surface area contributed by atoms with E-state index in [1.807, 2.05) is 13.8 Å². The van der Waals surface area contributed by atoms with E-state index in [2.05, 4.69) is 0 Å². The Labute approximate surface area is 89.3 Å². The Bertz CT molecular complexity index is 321. The number of hydrogen-bond donors (Lipinski definition) is 1. The molecule has 0 amide bonds. The number of rotatable bonds is 4. The number of nitrogens with two attached hydrogens (primary N) is 1. The van der Waals surface area contributed by atoms with E-state index in [4.69, 9.17) is 5.73 Å². The van der Waals surface area contributed by atoms with Crippen LogP contribution in [-0.2, 0) is 12.3 Å². The van der Waals surface area contributed by atoms with Crippen molar-refractivity contribution >= 4 is 0 Å². The van der Waals surface area contributed by atoms with Crippen LogP contribution < -0.4 is 5.73 Å². The normalized spacial score (nSPS) is 12.1. The maximum Gasteiger partial charge on any atom is 0.285 e. The van der Waals surface area contributed by atoms with Gasteiger partial charge in [-0.1, -0.05) is 38.1 Å². The van der Waals surface area contributed by atoms with Crippen molar-refractivity contribution in [3.63, 3.8) is 0 Å². The fourth-order valence-electron chi connectivity index (χ4n) is 1.60. The Morgan fingerprint density at radius 1 is 1.27 bits per heavy atom. The summed E-state index contributed by atoms with van der Waals surface area (Å²) in [7, 11) is 0. The summed E-state index contributed by atoms with van der Waals surface area (Å²) in [5.74, 6) is -2.55. The first-order chi connectivity index (χ1) is 6.97. The second kappa shape index (κ2) is 4.71. The number of halogens is 2. The van der Waals surface area contributed by atoms with Crippen LogP contribution in [-0.4, -0.2) is 6.54 Å². The van der Waals surface area contributed by atoms with Gasteiger partial charge < -0.3 is 5.73 Å². The third-order valence-electron chi connectivity index (χ3n) is 2.30. The highest BCUT2D eigenvalue weighted by atomic mass is 19.3. The molecule has 0 aliphatic rings. The molecule has 0 radical (unpaired) electrons. The molecule has 0 saturated carbocycles. The molecule has 3 heteroatoms. The maximum atomic E-state index is 13.5. The largest absolute Gasteiger partial charge is 0.325 e. The number of hydrogen-bond acceptors (Lipinski definition) is 1. The van der Waals surface area contributed by atoms with Gasteiger partial charge in [-0.25, -0.2) is 0 Å². The van der Waals surface area contributed by atoms with Gasteiger partial charge in [-0.05, 0) is 17.9 Å². The molecule has 0 bridgehead atoms. The van der Waals surface area contributed by atoms with E-state index in [1.54, 1.807) is 18.2 Å². The first-order valence-corrected chi connectivity index (χ1v) is 5.13. The Morgan fingerprint density at radius 2 is 1.87 bits per heavy atom. The van der Waals surface area contributed by atoms with Crippen LogP contribution in [0.15, 0.2) is 24.3 Å². The molecular formula is C12H17F2N. The molecule has 1 rings (SSSR count). The summed E-state index contributed by atoms with van der Waals surface area (Å²) in [6, 6.07) is 6.63. The van der Waals surface area contributed by atoms with E-state index in [1.165, 1.54) is 6.07 Å². The lowest BCUT2D eigenvalue weighted by molar-refractivity contribution is 0.00495. The van der Waals surface area contributed by atoms with Crippen LogP contribution in [0.5, 0.6) is 0 Å². The van der Waals surface area contributed by atoms with Crippen LogP contribution in [0.3, 0.4) is 0 Å². The average molecular weight is 213 g/mol. The highest BCUT2D eigenvalue weighted by Gasteiger charge is 2.31. The minimum absolute atomic E-state index is 0.0706. The molecule has 0 heterocycles. The molecule has 2 N–H and O–H groups in total. The van der Waals surface area contributed by atoms with E-state index < -0.39 is 12.5 Å². The summed E-state index contributed by atoms with van der Waals surface area (Å²) in [6.45, 7) is 3.39. The quantitative estimate of drug-likeness (QED) is 0.817. The zero-order valence-electron chi connectivity index (χ0n) is 9.13. The van der Waals surface area contributed by atoms with E-state index in [0.29, 0.717) is 17.9 Å². The van der Waals surface area contributed by atoms with Gasteiger partial charge in [-0.3, -0.25) is 0 Å². The molecule has 0 unspecified atom stereocenters. The fraction of sp³-hybridized carbons (Fsp3) is 0.500. The SMILES string of the molecule is CC(C)Cc1ccccc1C(F)(F)CN. The topological polar surface area (TPSA) is 26.0 Å². The third-order valence-corrected chi connectivity index (χ3v) is 2.30. The molecule has 0 aliphatic carbocycles. The van der Waals surface area contributed by atoms with Gasteiger partial charge >= 0.3 is 0 Å². The highest BCUT2D eigenvalue weighted by molar-refractivity contribution is 5.31. The van der Waals surface area contributed by atoms with E-state index in [0.717, 1.165) is 0 Å². The van der Waals surface area contributed by atoms with Gasteiger partial charge in [0.05, 0.1) is 6.54 Å². The predicted molar refractivity (Wildman–Crippen MR) is 57.9 cm³/mol. The van der Waals surface area contributed by atoms with Crippen molar-refractivity contribution in [2.45, 2.75) is 26.2 Å². The molecule has 0 aliphatic heterocycles. The summed E-state index contributed by atoms with van der Waals surface area (Å²) < 4.78 is 26.9. The Kier molecular flexibility index (Phi) is 3.80. The third kappa shape index (κ3) is 2.99. The molecule has 84 valence electrons. The van der Waals surface area contributed by atoms with Crippen molar-refractivity contribution in [2.24, 2.45) is 11.7 Å². The molecular weight excluding hydrogens is 196 g/mol. The van der Waals surface area contributed by atoms with Gasteiger partial charge in [-0.15, -0.1) is 0 Å². The van der Waals surface area contributed by atoms with Gasteiger partial charge in [0, 0.05) is 5.56 Å². The van der Waals surface area contributed by atoms with Gasteiger partial charge in [-0.2, -0.15) is 8.78 Å². The summed E-state index contributed by atoms with van der Waals surface area (Å²) in [6.07, 6.45) is 0.658. The van der Waals surface area contributed by atoms with Gasteiger partial charge in [0.15, 0.2) is 0 Å². The van der Waals surface area contributed by atoms with Crippen LogP contribution in [0.25, 0.3) is 0 Å². The van der Waals surface area contributed by atoms with Crippen molar-refractivity contribution < 1.29 is 8.78 Å². The highest BCUT2D eigenvalue weighted by Crippen LogP contribution is 2.30. The summed E-state index contributed by atoms with van der Waals surface area (Å²) in [4.78, 5) is 0. The first-order valence-electron chi connectivity index (χ1n) is 5.13. The number of benzene rings is 1. The molecule has 0 spiro atoms. The smallest absolute Gasteiger partial charge is 0.285 e. The molecule has 1 aromatic rings. The van der Waals surface area contributed by atoms with Crippen molar-refractivity contribution in [3.8, 4) is 0 Å². The molecule has 0 aromatic heterocycles. The minimum atomic E-state index is -2.91. The van der Waals surface area contributed by atoms with Crippen LogP contribution in [0.1, 0.15) is 25.0 Å². The zero-order valence-corrected chi connectivity index (χ0v) is 9.13. The van der Waals surface area contributed by atoms with Gasteiger partial charge in [0.25, 0.3) is 5.92 Å². The molecule has 0 atom stereocenters. The van der Waals surface area contributed by atoms with Crippen LogP contribution >= 0.6 is 0 Å². The molecule has 0 saturated heterocycles. The fourth-order valence-corrected chi connectivity index (χ4v) is 1.60. The lowest BCUT2D eigenvalue weighted by Crippen LogP contribution is -2.26. The lowest BCUT2D eigenvalue weighted by atomic mass is 9.94. The summed E-state index contributed by atoms with van der Waals surface area (Å²) in [5, 5.41) is 0.